The monoisotopic (exact) mass is 245 g/mol. The van der Waals surface area contributed by atoms with Crippen molar-refractivity contribution in [2.75, 3.05) is 0 Å². The Hall–Kier alpha value is -1.31. The first-order valence-corrected chi connectivity index (χ1v) is 7.09. The molecule has 98 valence electrons. The number of aryl methyl sites for hydroxylation is 2. The fourth-order valence-corrected chi connectivity index (χ4v) is 2.67. The topological polar surface area (TPSA) is 29.1 Å². The van der Waals surface area contributed by atoms with Crippen LogP contribution in [-0.4, -0.2) is 11.9 Å². The van der Waals surface area contributed by atoms with E-state index in [4.69, 9.17) is 0 Å². The maximum Gasteiger partial charge on any atom is 0.220 e. The van der Waals surface area contributed by atoms with Gasteiger partial charge < -0.3 is 5.32 Å². The predicted octanol–water partition coefficient (Wildman–Crippen LogP) is 3.38. The third-order valence-electron chi connectivity index (χ3n) is 3.69. The van der Waals surface area contributed by atoms with Gasteiger partial charge in [-0.05, 0) is 31.7 Å². The molecule has 1 saturated carbocycles. The SMILES string of the molecule is Cc1cccc(CCC(=O)NC2CCCCC2)c1. The highest BCUT2D eigenvalue weighted by molar-refractivity contribution is 5.76. The van der Waals surface area contributed by atoms with Crippen LogP contribution < -0.4 is 5.32 Å². The van der Waals surface area contributed by atoms with Crippen molar-refractivity contribution in [3.63, 3.8) is 0 Å². The standard InChI is InChI=1S/C16H23NO/c1-13-6-5-7-14(12-13)10-11-16(18)17-15-8-3-2-4-9-15/h5-7,12,15H,2-4,8-11H2,1H3,(H,17,18). The van der Waals surface area contributed by atoms with E-state index in [9.17, 15) is 4.79 Å². The van der Waals surface area contributed by atoms with E-state index in [1.165, 1.54) is 30.4 Å². The van der Waals surface area contributed by atoms with Crippen LogP contribution >= 0.6 is 0 Å². The molecule has 18 heavy (non-hydrogen) atoms. The predicted molar refractivity (Wildman–Crippen MR) is 74.5 cm³/mol. The van der Waals surface area contributed by atoms with Crippen molar-refractivity contribution in [1.29, 1.82) is 0 Å². The third kappa shape index (κ3) is 4.17. The average Bonchev–Trinajstić information content (AvgIpc) is 2.38. The summed E-state index contributed by atoms with van der Waals surface area (Å²) in [6.07, 6.45) is 7.65. The lowest BCUT2D eigenvalue weighted by Gasteiger charge is -2.22. The number of nitrogens with one attached hydrogen (secondary N) is 1. The average molecular weight is 245 g/mol. The van der Waals surface area contributed by atoms with Gasteiger partial charge >= 0.3 is 0 Å². The summed E-state index contributed by atoms with van der Waals surface area (Å²) in [5.41, 5.74) is 2.52. The highest BCUT2D eigenvalue weighted by atomic mass is 16.1. The zero-order valence-corrected chi connectivity index (χ0v) is 11.2. The lowest BCUT2D eigenvalue weighted by molar-refractivity contribution is -0.121. The van der Waals surface area contributed by atoms with Gasteiger partial charge in [-0.25, -0.2) is 0 Å². The molecule has 1 aliphatic rings. The minimum atomic E-state index is 0.211. The molecule has 1 N–H and O–H groups in total. The normalized spacial score (nSPS) is 16.5. The third-order valence-corrected chi connectivity index (χ3v) is 3.69. The number of amides is 1. The van der Waals surface area contributed by atoms with Gasteiger partial charge in [-0.3, -0.25) is 4.79 Å². The number of carbonyl (C=O) groups excluding carboxylic acids is 1. The van der Waals surface area contributed by atoms with Crippen LogP contribution in [0.3, 0.4) is 0 Å². The van der Waals surface area contributed by atoms with Gasteiger partial charge in [0.25, 0.3) is 0 Å². The minimum absolute atomic E-state index is 0.211. The van der Waals surface area contributed by atoms with E-state index in [0.717, 1.165) is 19.3 Å². The first-order chi connectivity index (χ1) is 8.74. The summed E-state index contributed by atoms with van der Waals surface area (Å²) in [7, 11) is 0. The van der Waals surface area contributed by atoms with Crippen LogP contribution in [0.15, 0.2) is 24.3 Å². The van der Waals surface area contributed by atoms with Gasteiger partial charge in [0.05, 0.1) is 0 Å². The zero-order valence-electron chi connectivity index (χ0n) is 11.2. The number of rotatable bonds is 4. The molecule has 1 amide bonds. The first kappa shape index (κ1) is 13.1. The molecule has 0 bridgehead atoms. The number of hydrogen-bond donors (Lipinski definition) is 1. The van der Waals surface area contributed by atoms with Gasteiger partial charge in [-0.1, -0.05) is 49.1 Å². The molecule has 0 aromatic heterocycles. The van der Waals surface area contributed by atoms with Crippen molar-refractivity contribution in [2.24, 2.45) is 0 Å². The van der Waals surface area contributed by atoms with Crippen molar-refractivity contribution in [3.05, 3.63) is 35.4 Å². The highest BCUT2D eigenvalue weighted by Crippen LogP contribution is 2.17. The van der Waals surface area contributed by atoms with Crippen molar-refractivity contribution >= 4 is 5.91 Å². The number of hydrogen-bond acceptors (Lipinski definition) is 1. The van der Waals surface area contributed by atoms with Crippen LogP contribution in [0.25, 0.3) is 0 Å². The molecular weight excluding hydrogens is 222 g/mol. The van der Waals surface area contributed by atoms with Crippen LogP contribution in [0.1, 0.15) is 49.7 Å². The Morgan fingerprint density at radius 1 is 1.28 bits per heavy atom. The lowest BCUT2D eigenvalue weighted by atomic mass is 9.95. The summed E-state index contributed by atoms with van der Waals surface area (Å²) >= 11 is 0. The Bertz CT molecular complexity index is 394. The van der Waals surface area contributed by atoms with Gasteiger partial charge in [-0.2, -0.15) is 0 Å². The van der Waals surface area contributed by atoms with Crippen molar-refractivity contribution in [2.45, 2.75) is 57.9 Å². The number of benzene rings is 1. The Morgan fingerprint density at radius 2 is 2.06 bits per heavy atom. The van der Waals surface area contributed by atoms with Gasteiger partial charge in [0, 0.05) is 12.5 Å². The summed E-state index contributed by atoms with van der Waals surface area (Å²) < 4.78 is 0. The van der Waals surface area contributed by atoms with E-state index in [0.29, 0.717) is 12.5 Å². The fraction of sp³-hybridized carbons (Fsp3) is 0.562. The fourth-order valence-electron chi connectivity index (χ4n) is 2.67. The molecule has 2 nitrogen and oxygen atoms in total. The summed E-state index contributed by atoms with van der Waals surface area (Å²) in [5.74, 6) is 0.211. The summed E-state index contributed by atoms with van der Waals surface area (Å²) in [4.78, 5) is 11.9. The molecule has 1 fully saturated rings. The van der Waals surface area contributed by atoms with Crippen molar-refractivity contribution in [1.82, 2.24) is 5.32 Å². The highest BCUT2D eigenvalue weighted by Gasteiger charge is 2.15. The molecule has 1 aliphatic carbocycles. The molecule has 2 heteroatoms. The molecule has 0 heterocycles. The molecule has 0 atom stereocenters. The Kier molecular flexibility index (Phi) is 4.80. The smallest absolute Gasteiger partial charge is 0.220 e. The molecule has 2 rings (SSSR count). The minimum Gasteiger partial charge on any atom is -0.353 e. The van der Waals surface area contributed by atoms with Crippen LogP contribution in [-0.2, 0) is 11.2 Å². The Labute approximate surface area is 110 Å². The van der Waals surface area contributed by atoms with Gasteiger partial charge in [0.1, 0.15) is 0 Å². The largest absolute Gasteiger partial charge is 0.353 e. The summed E-state index contributed by atoms with van der Waals surface area (Å²) in [6, 6.07) is 8.84. The van der Waals surface area contributed by atoms with Crippen LogP contribution in [0.2, 0.25) is 0 Å². The van der Waals surface area contributed by atoms with Crippen molar-refractivity contribution in [3.8, 4) is 0 Å². The molecule has 1 aromatic carbocycles. The number of carbonyl (C=O) groups is 1. The van der Waals surface area contributed by atoms with E-state index >= 15 is 0 Å². The quantitative estimate of drug-likeness (QED) is 0.865. The lowest BCUT2D eigenvalue weighted by Crippen LogP contribution is -2.36. The molecule has 0 unspecified atom stereocenters. The van der Waals surface area contributed by atoms with E-state index in [1.807, 2.05) is 0 Å². The summed E-state index contributed by atoms with van der Waals surface area (Å²) in [5, 5.41) is 3.16. The van der Waals surface area contributed by atoms with E-state index in [2.05, 4.69) is 36.5 Å². The van der Waals surface area contributed by atoms with Gasteiger partial charge in [0.15, 0.2) is 0 Å². The van der Waals surface area contributed by atoms with Gasteiger partial charge in [0.2, 0.25) is 5.91 Å². The Balaban J connectivity index is 1.74. The maximum absolute atomic E-state index is 11.9. The molecule has 0 saturated heterocycles. The van der Waals surface area contributed by atoms with Crippen LogP contribution in [0.5, 0.6) is 0 Å². The first-order valence-electron chi connectivity index (χ1n) is 7.09. The molecule has 0 aliphatic heterocycles. The Morgan fingerprint density at radius 3 is 2.78 bits per heavy atom. The van der Waals surface area contributed by atoms with E-state index < -0.39 is 0 Å². The summed E-state index contributed by atoms with van der Waals surface area (Å²) in [6.45, 7) is 2.09. The molecule has 1 aromatic rings. The molecular formula is C16H23NO. The van der Waals surface area contributed by atoms with E-state index in [1.54, 1.807) is 0 Å². The second kappa shape index (κ2) is 6.58. The van der Waals surface area contributed by atoms with Crippen molar-refractivity contribution < 1.29 is 4.79 Å². The van der Waals surface area contributed by atoms with Crippen LogP contribution in [0, 0.1) is 6.92 Å². The maximum atomic E-state index is 11.9. The zero-order chi connectivity index (χ0) is 12.8. The second-order valence-corrected chi connectivity index (χ2v) is 5.39. The van der Waals surface area contributed by atoms with E-state index in [-0.39, 0.29) is 5.91 Å². The molecule has 0 radical (unpaired) electrons. The van der Waals surface area contributed by atoms with Crippen LogP contribution in [0.4, 0.5) is 0 Å². The second-order valence-electron chi connectivity index (χ2n) is 5.39. The molecule has 0 spiro atoms. The van der Waals surface area contributed by atoms with Gasteiger partial charge in [-0.15, -0.1) is 0 Å².